The van der Waals surface area contributed by atoms with Crippen LogP contribution in [0.2, 0.25) is 0 Å². The van der Waals surface area contributed by atoms with Gasteiger partial charge in [-0.2, -0.15) is 9.61 Å². The molecule has 0 bridgehead atoms. The zero-order valence-corrected chi connectivity index (χ0v) is 16.9. The molecule has 0 amide bonds. The number of aromatic nitrogens is 5. The highest BCUT2D eigenvalue weighted by Gasteiger charge is 2.50. The van der Waals surface area contributed by atoms with Crippen molar-refractivity contribution in [1.82, 2.24) is 24.8 Å². The Morgan fingerprint density at radius 2 is 1.80 bits per heavy atom. The average Bonchev–Trinajstić information content (AvgIpc) is 3.46. The molecule has 5 rings (SSSR count). The summed E-state index contributed by atoms with van der Waals surface area (Å²) in [4.78, 5) is 15.8. The Labute approximate surface area is 173 Å². The van der Waals surface area contributed by atoms with Crippen molar-refractivity contribution >= 4 is 11.6 Å². The molecule has 30 heavy (non-hydrogen) atoms. The molecule has 7 heteroatoms. The lowest BCUT2D eigenvalue weighted by atomic mass is 9.95. The summed E-state index contributed by atoms with van der Waals surface area (Å²) in [6.07, 6.45) is 4.13. The highest BCUT2D eigenvalue weighted by atomic mass is 16.5. The Morgan fingerprint density at radius 3 is 2.43 bits per heavy atom. The van der Waals surface area contributed by atoms with Crippen molar-refractivity contribution in [1.29, 1.82) is 0 Å². The van der Waals surface area contributed by atoms with E-state index in [-0.39, 0.29) is 11.2 Å². The van der Waals surface area contributed by atoms with Crippen LogP contribution in [0.5, 0.6) is 5.75 Å². The Balaban J connectivity index is 1.52. The van der Waals surface area contributed by atoms with Crippen LogP contribution < -0.4 is 4.74 Å². The SMILES string of the molecule is COc1ccc(C2(c3nnc4ncc(-c5ccc(CC(C)=O)cc5)nn34)CC2)cc1. The summed E-state index contributed by atoms with van der Waals surface area (Å²) in [5, 5.41) is 13.5. The van der Waals surface area contributed by atoms with Gasteiger partial charge in [0, 0.05) is 12.0 Å². The third-order valence-electron chi connectivity index (χ3n) is 5.66. The van der Waals surface area contributed by atoms with Gasteiger partial charge in [-0.3, -0.25) is 4.79 Å². The van der Waals surface area contributed by atoms with Gasteiger partial charge in [0.25, 0.3) is 5.78 Å². The molecule has 2 heterocycles. The Morgan fingerprint density at radius 1 is 1.07 bits per heavy atom. The predicted octanol–water partition coefficient (Wildman–Crippen LogP) is 3.41. The summed E-state index contributed by atoms with van der Waals surface area (Å²) in [6, 6.07) is 15.9. The summed E-state index contributed by atoms with van der Waals surface area (Å²) in [5.41, 5.74) is 3.65. The number of nitrogens with zero attached hydrogens (tertiary/aromatic N) is 5. The van der Waals surface area contributed by atoms with E-state index in [9.17, 15) is 4.79 Å². The lowest BCUT2D eigenvalue weighted by molar-refractivity contribution is -0.116. The molecule has 0 atom stereocenters. The van der Waals surface area contributed by atoms with E-state index in [4.69, 9.17) is 9.84 Å². The maximum Gasteiger partial charge on any atom is 0.271 e. The van der Waals surface area contributed by atoms with E-state index in [1.807, 2.05) is 36.4 Å². The van der Waals surface area contributed by atoms with Crippen LogP contribution in [0, 0.1) is 0 Å². The quantitative estimate of drug-likeness (QED) is 0.494. The molecule has 150 valence electrons. The van der Waals surface area contributed by atoms with Gasteiger partial charge in [-0.05, 0) is 43.0 Å². The minimum absolute atomic E-state index is 0.145. The molecule has 0 radical (unpaired) electrons. The third-order valence-corrected chi connectivity index (χ3v) is 5.66. The van der Waals surface area contributed by atoms with Crippen LogP contribution in [0.15, 0.2) is 54.7 Å². The summed E-state index contributed by atoms with van der Waals surface area (Å²) in [6.45, 7) is 1.59. The molecule has 2 aromatic carbocycles. The van der Waals surface area contributed by atoms with Crippen molar-refractivity contribution in [3.63, 3.8) is 0 Å². The molecule has 0 aliphatic heterocycles. The lowest BCUT2D eigenvalue weighted by Gasteiger charge is -2.14. The number of benzene rings is 2. The van der Waals surface area contributed by atoms with Gasteiger partial charge in [0.15, 0.2) is 5.82 Å². The van der Waals surface area contributed by atoms with Gasteiger partial charge in [-0.1, -0.05) is 36.4 Å². The first-order valence-electron chi connectivity index (χ1n) is 9.91. The lowest BCUT2D eigenvalue weighted by Crippen LogP contribution is -2.15. The second kappa shape index (κ2) is 7.02. The molecule has 0 saturated heterocycles. The number of hydrogen-bond acceptors (Lipinski definition) is 6. The Kier molecular flexibility index (Phi) is 4.31. The number of rotatable bonds is 6. The van der Waals surface area contributed by atoms with Crippen molar-refractivity contribution in [2.24, 2.45) is 0 Å². The zero-order chi connectivity index (χ0) is 20.7. The van der Waals surface area contributed by atoms with Crippen molar-refractivity contribution in [3.8, 4) is 17.0 Å². The fourth-order valence-corrected chi connectivity index (χ4v) is 3.88. The van der Waals surface area contributed by atoms with Crippen LogP contribution in [0.3, 0.4) is 0 Å². The topological polar surface area (TPSA) is 82.3 Å². The van der Waals surface area contributed by atoms with Crippen LogP contribution in [0.1, 0.15) is 36.7 Å². The van der Waals surface area contributed by atoms with E-state index in [2.05, 4.69) is 27.3 Å². The predicted molar refractivity (Wildman–Crippen MR) is 111 cm³/mol. The van der Waals surface area contributed by atoms with Crippen LogP contribution in [-0.4, -0.2) is 37.7 Å². The van der Waals surface area contributed by atoms with Crippen LogP contribution in [0.25, 0.3) is 17.0 Å². The van der Waals surface area contributed by atoms with Gasteiger partial charge in [0.2, 0.25) is 0 Å². The molecule has 1 aliphatic carbocycles. The highest BCUT2D eigenvalue weighted by Crippen LogP contribution is 2.52. The van der Waals surface area contributed by atoms with Crippen LogP contribution in [-0.2, 0) is 16.6 Å². The van der Waals surface area contributed by atoms with E-state index >= 15 is 0 Å². The average molecular weight is 399 g/mol. The summed E-state index contributed by atoms with van der Waals surface area (Å²) >= 11 is 0. The summed E-state index contributed by atoms with van der Waals surface area (Å²) < 4.78 is 7.04. The fraction of sp³-hybridized carbons (Fsp3) is 0.261. The normalized spacial score (nSPS) is 14.6. The monoisotopic (exact) mass is 399 g/mol. The highest BCUT2D eigenvalue weighted by molar-refractivity contribution is 5.78. The molecule has 0 spiro atoms. The zero-order valence-electron chi connectivity index (χ0n) is 16.9. The smallest absolute Gasteiger partial charge is 0.271 e. The second-order valence-electron chi connectivity index (χ2n) is 7.77. The van der Waals surface area contributed by atoms with Crippen molar-refractivity contribution in [3.05, 3.63) is 71.7 Å². The molecule has 1 fully saturated rings. The van der Waals surface area contributed by atoms with Gasteiger partial charge in [-0.25, -0.2) is 4.98 Å². The van der Waals surface area contributed by atoms with Gasteiger partial charge >= 0.3 is 0 Å². The van der Waals surface area contributed by atoms with E-state index < -0.39 is 0 Å². The molecule has 0 N–H and O–H groups in total. The first-order valence-corrected chi connectivity index (χ1v) is 9.91. The van der Waals surface area contributed by atoms with Gasteiger partial charge in [-0.15, -0.1) is 10.2 Å². The first-order chi connectivity index (χ1) is 14.6. The van der Waals surface area contributed by atoms with Gasteiger partial charge < -0.3 is 4.74 Å². The van der Waals surface area contributed by atoms with E-state index in [0.29, 0.717) is 12.2 Å². The van der Waals surface area contributed by atoms with Gasteiger partial charge in [0.1, 0.15) is 17.2 Å². The standard InChI is InChI=1S/C23H21N5O2/c1-15(29)13-16-3-5-17(6-4-16)20-14-24-22-26-25-21(28(22)27-20)23(11-12-23)18-7-9-19(30-2)10-8-18/h3-10,14H,11-13H2,1-2H3. The maximum atomic E-state index is 11.3. The Bertz CT molecular complexity index is 1220. The molecular formula is C23H21N5O2. The minimum Gasteiger partial charge on any atom is -0.497 e. The molecule has 4 aromatic rings. The molecule has 0 unspecified atom stereocenters. The molecular weight excluding hydrogens is 378 g/mol. The summed E-state index contributed by atoms with van der Waals surface area (Å²) in [5.74, 6) is 2.27. The number of hydrogen-bond donors (Lipinski definition) is 0. The van der Waals surface area contributed by atoms with Crippen LogP contribution in [0.4, 0.5) is 0 Å². The van der Waals surface area contributed by atoms with Crippen molar-refractivity contribution in [2.45, 2.75) is 31.6 Å². The van der Waals surface area contributed by atoms with E-state index in [0.717, 1.165) is 41.2 Å². The number of ketones is 1. The Hall–Kier alpha value is -3.61. The number of carbonyl (C=O) groups is 1. The third kappa shape index (κ3) is 3.12. The fourth-order valence-electron chi connectivity index (χ4n) is 3.88. The molecule has 7 nitrogen and oxygen atoms in total. The van der Waals surface area contributed by atoms with E-state index in [1.54, 1.807) is 24.7 Å². The molecule has 2 aromatic heterocycles. The van der Waals surface area contributed by atoms with Crippen molar-refractivity contribution in [2.75, 3.05) is 7.11 Å². The summed E-state index contributed by atoms with van der Waals surface area (Å²) in [7, 11) is 1.66. The first kappa shape index (κ1) is 18.4. The van der Waals surface area contributed by atoms with Crippen molar-refractivity contribution < 1.29 is 9.53 Å². The largest absolute Gasteiger partial charge is 0.497 e. The number of methoxy groups -OCH3 is 1. The maximum absolute atomic E-state index is 11.3. The van der Waals surface area contributed by atoms with Crippen LogP contribution >= 0.6 is 0 Å². The molecule has 1 aliphatic rings. The van der Waals surface area contributed by atoms with Gasteiger partial charge in [0.05, 0.1) is 18.7 Å². The number of ether oxygens (including phenoxy) is 1. The minimum atomic E-state index is -0.190. The van der Waals surface area contributed by atoms with E-state index in [1.165, 1.54) is 5.56 Å². The number of Topliss-reactive ketones (excluding diaryl/α,β-unsaturated/α-hetero) is 1. The number of carbonyl (C=O) groups excluding carboxylic acids is 1. The molecule has 1 saturated carbocycles. The second-order valence-corrected chi connectivity index (χ2v) is 7.77. The number of fused-ring (bicyclic) bond motifs is 1.